The molecule has 0 radical (unpaired) electrons. The van der Waals surface area contributed by atoms with Gasteiger partial charge in [-0.05, 0) is 55.5 Å². The molecule has 2 amide bonds. The molecule has 30 heavy (non-hydrogen) atoms. The maximum Gasteiger partial charge on any atom is 0.412 e. The SMILES string of the molecule is Cc1ccc(NC(=O)O[C@@H](c2ccc(O)c(F)c2)[C@@H](C)CC/C=C/C(=O)NO)cc1. The number of benzene rings is 2. The summed E-state index contributed by atoms with van der Waals surface area (Å²) >= 11 is 0. The van der Waals surface area contributed by atoms with Crippen LogP contribution >= 0.6 is 0 Å². The first-order valence-corrected chi connectivity index (χ1v) is 9.43. The Morgan fingerprint density at radius 2 is 1.90 bits per heavy atom. The number of nitrogens with one attached hydrogen (secondary N) is 2. The van der Waals surface area contributed by atoms with Gasteiger partial charge in [-0.3, -0.25) is 15.3 Å². The quantitative estimate of drug-likeness (QED) is 0.286. The molecule has 0 saturated heterocycles. The predicted octanol–water partition coefficient (Wildman–Crippen LogP) is 4.61. The van der Waals surface area contributed by atoms with Crippen molar-refractivity contribution in [2.45, 2.75) is 32.8 Å². The molecule has 0 aliphatic carbocycles. The first-order chi connectivity index (χ1) is 14.3. The number of aromatic hydroxyl groups is 1. The topological polar surface area (TPSA) is 108 Å². The molecule has 160 valence electrons. The molecular formula is C22H25FN2O5. The predicted molar refractivity (Wildman–Crippen MR) is 110 cm³/mol. The number of halogens is 1. The van der Waals surface area contributed by atoms with Crippen LogP contribution in [-0.4, -0.2) is 22.3 Å². The van der Waals surface area contributed by atoms with E-state index in [1.54, 1.807) is 18.2 Å². The molecule has 0 heterocycles. The molecule has 0 aliphatic heterocycles. The van der Waals surface area contributed by atoms with Gasteiger partial charge in [0.05, 0.1) is 0 Å². The molecular weight excluding hydrogens is 391 g/mol. The molecule has 0 spiro atoms. The summed E-state index contributed by atoms with van der Waals surface area (Å²) in [6, 6.07) is 11.0. The van der Waals surface area contributed by atoms with E-state index in [-0.39, 0.29) is 5.92 Å². The van der Waals surface area contributed by atoms with Gasteiger partial charge < -0.3 is 9.84 Å². The van der Waals surface area contributed by atoms with Gasteiger partial charge in [-0.25, -0.2) is 14.7 Å². The summed E-state index contributed by atoms with van der Waals surface area (Å²) in [4.78, 5) is 23.5. The van der Waals surface area contributed by atoms with Gasteiger partial charge >= 0.3 is 6.09 Å². The number of aryl methyl sites for hydroxylation is 1. The molecule has 0 saturated carbocycles. The molecule has 0 fully saturated rings. The lowest BCUT2D eigenvalue weighted by atomic mass is 9.93. The van der Waals surface area contributed by atoms with E-state index in [1.807, 2.05) is 26.0 Å². The third kappa shape index (κ3) is 6.89. The molecule has 0 aliphatic rings. The summed E-state index contributed by atoms with van der Waals surface area (Å²) in [5.41, 5.74) is 3.50. The average molecular weight is 416 g/mol. The number of phenols is 1. The molecule has 0 unspecified atom stereocenters. The molecule has 8 heteroatoms. The highest BCUT2D eigenvalue weighted by molar-refractivity contribution is 5.86. The molecule has 4 N–H and O–H groups in total. The van der Waals surface area contributed by atoms with Gasteiger partial charge in [0.15, 0.2) is 11.6 Å². The second-order valence-electron chi connectivity index (χ2n) is 6.96. The van der Waals surface area contributed by atoms with Crippen molar-refractivity contribution in [3.8, 4) is 5.75 Å². The van der Waals surface area contributed by atoms with Crippen molar-refractivity contribution >= 4 is 17.7 Å². The van der Waals surface area contributed by atoms with Crippen molar-refractivity contribution in [1.82, 2.24) is 5.48 Å². The monoisotopic (exact) mass is 416 g/mol. The van der Waals surface area contributed by atoms with E-state index in [1.165, 1.54) is 23.7 Å². The number of hydrogen-bond donors (Lipinski definition) is 4. The highest BCUT2D eigenvalue weighted by Gasteiger charge is 2.24. The van der Waals surface area contributed by atoms with Gasteiger partial charge in [0, 0.05) is 11.8 Å². The molecule has 7 nitrogen and oxygen atoms in total. The lowest BCUT2D eigenvalue weighted by molar-refractivity contribution is -0.124. The minimum Gasteiger partial charge on any atom is -0.505 e. The average Bonchev–Trinajstić information content (AvgIpc) is 2.72. The van der Waals surface area contributed by atoms with Crippen molar-refractivity contribution < 1.29 is 29.0 Å². The molecule has 0 aromatic heterocycles. The lowest BCUT2D eigenvalue weighted by Crippen LogP contribution is -2.22. The third-order valence-electron chi connectivity index (χ3n) is 4.52. The van der Waals surface area contributed by atoms with Crippen molar-refractivity contribution in [3.63, 3.8) is 0 Å². The summed E-state index contributed by atoms with van der Waals surface area (Å²) in [5, 5.41) is 20.6. The number of allylic oxidation sites excluding steroid dienone is 1. The minimum absolute atomic E-state index is 0.237. The van der Waals surface area contributed by atoms with Crippen molar-refractivity contribution in [3.05, 3.63) is 71.6 Å². The van der Waals surface area contributed by atoms with Crippen LogP contribution in [0.3, 0.4) is 0 Å². The number of amides is 2. The number of ether oxygens (including phenoxy) is 1. The van der Waals surface area contributed by atoms with Crippen molar-refractivity contribution in [2.24, 2.45) is 5.92 Å². The van der Waals surface area contributed by atoms with Crippen LogP contribution in [0.4, 0.5) is 14.9 Å². The summed E-state index contributed by atoms with van der Waals surface area (Å²) < 4.78 is 19.5. The molecule has 2 rings (SSSR count). The Hall–Kier alpha value is -3.39. The number of carbonyl (C=O) groups is 2. The number of hydroxylamine groups is 1. The van der Waals surface area contributed by atoms with Crippen LogP contribution in [0.1, 0.15) is 37.0 Å². The van der Waals surface area contributed by atoms with Crippen LogP contribution in [0.5, 0.6) is 5.75 Å². The fraction of sp³-hybridized carbons (Fsp3) is 0.273. The zero-order chi connectivity index (χ0) is 22.1. The third-order valence-corrected chi connectivity index (χ3v) is 4.52. The zero-order valence-electron chi connectivity index (χ0n) is 16.8. The largest absolute Gasteiger partial charge is 0.505 e. The van der Waals surface area contributed by atoms with Crippen molar-refractivity contribution in [1.29, 1.82) is 0 Å². The molecule has 2 aromatic carbocycles. The van der Waals surface area contributed by atoms with Crippen LogP contribution < -0.4 is 10.8 Å². The van der Waals surface area contributed by atoms with Crippen LogP contribution in [0.2, 0.25) is 0 Å². The Bertz CT molecular complexity index is 899. The highest BCUT2D eigenvalue weighted by atomic mass is 19.1. The number of carbonyl (C=O) groups excluding carboxylic acids is 2. The van der Waals surface area contributed by atoms with Gasteiger partial charge in [-0.1, -0.05) is 36.8 Å². The lowest BCUT2D eigenvalue weighted by Gasteiger charge is -2.25. The summed E-state index contributed by atoms with van der Waals surface area (Å²) in [7, 11) is 0. The normalized spacial score (nSPS) is 12.9. The minimum atomic E-state index is -0.813. The van der Waals surface area contributed by atoms with E-state index >= 15 is 0 Å². The van der Waals surface area contributed by atoms with E-state index in [2.05, 4.69) is 5.32 Å². The van der Waals surface area contributed by atoms with E-state index in [4.69, 9.17) is 9.94 Å². The molecule has 2 aromatic rings. The van der Waals surface area contributed by atoms with Crippen LogP contribution in [0.25, 0.3) is 0 Å². The first kappa shape index (κ1) is 22.9. The van der Waals surface area contributed by atoms with Gasteiger partial charge in [-0.2, -0.15) is 0 Å². The van der Waals surface area contributed by atoms with Gasteiger partial charge in [0.2, 0.25) is 0 Å². The van der Waals surface area contributed by atoms with E-state index < -0.39 is 29.7 Å². The summed E-state index contributed by atoms with van der Waals surface area (Å²) in [6.07, 6.45) is 2.26. The second kappa shape index (κ2) is 11.0. The smallest absolute Gasteiger partial charge is 0.412 e. The van der Waals surface area contributed by atoms with Gasteiger partial charge in [-0.15, -0.1) is 0 Å². The van der Waals surface area contributed by atoms with Crippen LogP contribution in [0, 0.1) is 18.7 Å². The Morgan fingerprint density at radius 3 is 2.53 bits per heavy atom. The molecule has 0 bridgehead atoms. The first-order valence-electron chi connectivity index (χ1n) is 9.43. The Balaban J connectivity index is 2.12. The summed E-state index contributed by atoms with van der Waals surface area (Å²) in [6.45, 7) is 3.76. The van der Waals surface area contributed by atoms with Crippen LogP contribution in [0.15, 0.2) is 54.6 Å². The van der Waals surface area contributed by atoms with Gasteiger partial charge in [0.25, 0.3) is 5.91 Å². The fourth-order valence-corrected chi connectivity index (χ4v) is 2.85. The summed E-state index contributed by atoms with van der Waals surface area (Å²) in [5.74, 6) is -2.19. The highest BCUT2D eigenvalue weighted by Crippen LogP contribution is 2.32. The standard InChI is InChI=1S/C22H25FN2O5/c1-14-7-10-17(11-8-14)24-22(28)30-21(16-9-12-19(26)18(23)13-16)15(2)5-3-4-6-20(27)25-29/h4,6-13,15,21,26,29H,3,5H2,1-2H3,(H,24,28)(H,25,27)/b6-4+/t15-,21+/m0/s1. The van der Waals surface area contributed by atoms with Crippen LogP contribution in [-0.2, 0) is 9.53 Å². The van der Waals surface area contributed by atoms with E-state index in [0.717, 1.165) is 11.6 Å². The number of anilines is 1. The Morgan fingerprint density at radius 1 is 1.20 bits per heavy atom. The fourth-order valence-electron chi connectivity index (χ4n) is 2.85. The van der Waals surface area contributed by atoms with E-state index in [0.29, 0.717) is 24.1 Å². The van der Waals surface area contributed by atoms with E-state index in [9.17, 15) is 19.1 Å². The number of hydrogen-bond acceptors (Lipinski definition) is 5. The molecule has 2 atom stereocenters. The van der Waals surface area contributed by atoms with Crippen molar-refractivity contribution in [2.75, 3.05) is 5.32 Å². The maximum atomic E-state index is 13.9. The van der Waals surface area contributed by atoms with Gasteiger partial charge in [0.1, 0.15) is 6.10 Å². The Labute approximate surface area is 174 Å². The number of rotatable bonds is 8. The Kier molecular flexibility index (Phi) is 8.37. The zero-order valence-corrected chi connectivity index (χ0v) is 16.8. The number of phenolic OH excluding ortho intramolecular Hbond substituents is 1. The maximum absolute atomic E-state index is 13.9. The second-order valence-corrected chi connectivity index (χ2v) is 6.96.